The molecule has 3 amide bonds. The number of carboxylic acids is 1. The van der Waals surface area contributed by atoms with Gasteiger partial charge in [0.15, 0.2) is 0 Å². The lowest BCUT2D eigenvalue weighted by atomic mass is 10.1. The third-order valence-electron chi connectivity index (χ3n) is 2.40. The number of urea groups is 1. The first-order valence-corrected chi connectivity index (χ1v) is 6.60. The molecule has 0 aliphatic heterocycles. The van der Waals surface area contributed by atoms with E-state index in [0.29, 0.717) is 5.01 Å². The molecule has 0 fully saturated rings. The van der Waals surface area contributed by atoms with Gasteiger partial charge in [0.1, 0.15) is 11.0 Å². The number of nitrogens with one attached hydrogen (secondary N) is 2. The first kappa shape index (κ1) is 15.9. The van der Waals surface area contributed by atoms with Crippen LogP contribution in [-0.2, 0) is 15.1 Å². The fourth-order valence-electron chi connectivity index (χ4n) is 1.47. The zero-order valence-corrected chi connectivity index (χ0v) is 11.9. The van der Waals surface area contributed by atoms with Gasteiger partial charge in [-0.2, -0.15) is 0 Å². The number of thiazole rings is 1. The topological polar surface area (TPSA) is 134 Å². The van der Waals surface area contributed by atoms with Crippen molar-refractivity contribution in [3.63, 3.8) is 0 Å². The Morgan fingerprint density at radius 3 is 2.60 bits per heavy atom. The lowest BCUT2D eigenvalue weighted by Crippen LogP contribution is -2.52. The van der Waals surface area contributed by atoms with Crippen LogP contribution in [0, 0.1) is 0 Å². The molecule has 0 aliphatic rings. The molecule has 0 aromatic carbocycles. The number of aromatic nitrogens is 1. The maximum absolute atomic E-state index is 11.8. The van der Waals surface area contributed by atoms with Crippen molar-refractivity contribution in [2.24, 2.45) is 5.73 Å². The molecule has 1 heterocycles. The molecule has 8 nitrogen and oxygen atoms in total. The molecule has 1 atom stereocenters. The molecule has 110 valence electrons. The van der Waals surface area contributed by atoms with E-state index in [-0.39, 0.29) is 0 Å². The second-order valence-electron chi connectivity index (χ2n) is 4.62. The highest BCUT2D eigenvalue weighted by molar-refractivity contribution is 7.09. The first-order valence-electron chi connectivity index (χ1n) is 5.72. The molecule has 20 heavy (non-hydrogen) atoms. The Labute approximate surface area is 119 Å². The van der Waals surface area contributed by atoms with Crippen LogP contribution in [0.3, 0.4) is 0 Å². The van der Waals surface area contributed by atoms with Crippen LogP contribution in [0.5, 0.6) is 0 Å². The van der Waals surface area contributed by atoms with E-state index in [0.717, 1.165) is 0 Å². The largest absolute Gasteiger partial charge is 0.480 e. The van der Waals surface area contributed by atoms with Gasteiger partial charge >= 0.3 is 12.0 Å². The predicted molar refractivity (Wildman–Crippen MR) is 72.0 cm³/mol. The Hall–Kier alpha value is -2.16. The minimum atomic E-state index is -1.36. The molecule has 0 bridgehead atoms. The number of primary amides is 1. The predicted octanol–water partition coefficient (Wildman–Crippen LogP) is 0.00600. The molecule has 0 radical (unpaired) electrons. The highest BCUT2D eigenvalue weighted by Gasteiger charge is 2.28. The van der Waals surface area contributed by atoms with Crippen LogP contribution in [0.4, 0.5) is 4.79 Å². The third kappa shape index (κ3) is 4.50. The molecule has 1 rings (SSSR count). The summed E-state index contributed by atoms with van der Waals surface area (Å²) >= 11 is 1.36. The van der Waals surface area contributed by atoms with Gasteiger partial charge in [-0.15, -0.1) is 11.3 Å². The fourth-order valence-corrected chi connectivity index (χ4v) is 2.18. The smallest absolute Gasteiger partial charge is 0.326 e. The number of nitrogens with zero attached hydrogens (tertiary/aromatic N) is 1. The highest BCUT2D eigenvalue weighted by Crippen LogP contribution is 2.21. The van der Waals surface area contributed by atoms with E-state index in [1.165, 1.54) is 11.3 Å². The Balaban J connectivity index is 2.66. The van der Waals surface area contributed by atoms with E-state index < -0.39 is 35.9 Å². The summed E-state index contributed by atoms with van der Waals surface area (Å²) in [4.78, 5) is 37.5. The second-order valence-corrected chi connectivity index (χ2v) is 5.52. The molecule has 5 N–H and O–H groups in total. The van der Waals surface area contributed by atoms with Crippen LogP contribution < -0.4 is 16.4 Å². The summed E-state index contributed by atoms with van der Waals surface area (Å²) in [6, 6.07) is -2.07. The quantitative estimate of drug-likeness (QED) is 0.587. The summed E-state index contributed by atoms with van der Waals surface area (Å²) in [5.74, 6) is -2.14. The maximum atomic E-state index is 11.8. The second kappa shape index (κ2) is 6.33. The Morgan fingerprint density at radius 1 is 1.50 bits per heavy atom. The summed E-state index contributed by atoms with van der Waals surface area (Å²) in [5.41, 5.74) is 4.17. The zero-order valence-electron chi connectivity index (χ0n) is 11.0. The van der Waals surface area contributed by atoms with Crippen LogP contribution in [0.1, 0.15) is 25.3 Å². The van der Waals surface area contributed by atoms with Crippen LogP contribution >= 0.6 is 11.3 Å². The molecule has 1 aromatic heterocycles. The molecule has 9 heteroatoms. The minimum Gasteiger partial charge on any atom is -0.480 e. The average Bonchev–Trinajstić information content (AvgIpc) is 2.80. The van der Waals surface area contributed by atoms with Gasteiger partial charge in [-0.1, -0.05) is 0 Å². The van der Waals surface area contributed by atoms with Crippen molar-refractivity contribution in [2.45, 2.75) is 31.8 Å². The Morgan fingerprint density at radius 2 is 2.15 bits per heavy atom. The molecule has 0 unspecified atom stereocenters. The van der Waals surface area contributed by atoms with Gasteiger partial charge in [0.2, 0.25) is 5.91 Å². The number of rotatable bonds is 6. The SMILES string of the molecule is CC(C)(NC(=O)N[C@H](CC(N)=O)C(=O)O)c1nccs1. The molecule has 0 saturated heterocycles. The number of carboxylic acid groups (broad SMARTS) is 1. The summed E-state index contributed by atoms with van der Waals surface area (Å²) in [7, 11) is 0. The molecule has 0 saturated carbocycles. The number of carbonyl (C=O) groups is 3. The van der Waals surface area contributed by atoms with E-state index in [1.807, 2.05) is 0 Å². The number of hydrogen-bond acceptors (Lipinski definition) is 5. The third-order valence-corrected chi connectivity index (χ3v) is 3.50. The highest BCUT2D eigenvalue weighted by atomic mass is 32.1. The van der Waals surface area contributed by atoms with Gasteiger partial charge in [-0.25, -0.2) is 14.6 Å². The monoisotopic (exact) mass is 300 g/mol. The van der Waals surface area contributed by atoms with Crippen LogP contribution in [-0.4, -0.2) is 34.0 Å². The number of amides is 3. The molecule has 0 aliphatic carbocycles. The lowest BCUT2D eigenvalue weighted by molar-refractivity contribution is -0.140. The molecule has 1 aromatic rings. The number of aliphatic carboxylic acids is 1. The van der Waals surface area contributed by atoms with Crippen LogP contribution in [0.25, 0.3) is 0 Å². The first-order chi connectivity index (χ1) is 9.22. The van der Waals surface area contributed by atoms with Crippen molar-refractivity contribution in [3.8, 4) is 0 Å². The van der Waals surface area contributed by atoms with Crippen molar-refractivity contribution in [1.82, 2.24) is 15.6 Å². The zero-order chi connectivity index (χ0) is 15.3. The average molecular weight is 300 g/mol. The minimum absolute atomic E-state index is 0.472. The maximum Gasteiger partial charge on any atom is 0.326 e. The van der Waals surface area contributed by atoms with Crippen molar-refractivity contribution < 1.29 is 19.5 Å². The Kier molecular flexibility index (Phi) is 5.03. The number of nitrogens with two attached hydrogens (primary N) is 1. The van der Waals surface area contributed by atoms with Crippen LogP contribution in [0.2, 0.25) is 0 Å². The van der Waals surface area contributed by atoms with E-state index in [4.69, 9.17) is 10.8 Å². The number of hydrogen-bond donors (Lipinski definition) is 4. The standard InChI is InChI=1S/C11H16N4O4S/c1-11(2,9-13-3-4-20-9)15-10(19)14-6(8(17)18)5-7(12)16/h3-4,6H,5H2,1-2H3,(H2,12,16)(H,17,18)(H2,14,15,19)/t6-/m1/s1. The normalized spacial score (nSPS) is 12.5. The van der Waals surface area contributed by atoms with Crippen LogP contribution in [0.15, 0.2) is 11.6 Å². The van der Waals surface area contributed by atoms with E-state index in [1.54, 1.807) is 25.4 Å². The molecular formula is C11H16N4O4S. The van der Waals surface area contributed by atoms with Gasteiger partial charge in [-0.3, -0.25) is 4.79 Å². The van der Waals surface area contributed by atoms with Gasteiger partial charge in [0.05, 0.1) is 12.0 Å². The van der Waals surface area contributed by atoms with Crippen molar-refractivity contribution in [2.75, 3.05) is 0 Å². The number of carbonyl (C=O) groups excluding carboxylic acids is 2. The fraction of sp³-hybridized carbons (Fsp3) is 0.455. The molecular weight excluding hydrogens is 284 g/mol. The van der Waals surface area contributed by atoms with E-state index in [2.05, 4.69) is 15.6 Å². The lowest BCUT2D eigenvalue weighted by Gasteiger charge is -2.25. The summed E-state index contributed by atoms with van der Waals surface area (Å²) in [6.45, 7) is 3.46. The van der Waals surface area contributed by atoms with Gasteiger partial charge in [0, 0.05) is 11.6 Å². The van der Waals surface area contributed by atoms with E-state index >= 15 is 0 Å². The van der Waals surface area contributed by atoms with Gasteiger partial charge in [-0.05, 0) is 13.8 Å². The summed E-state index contributed by atoms with van der Waals surface area (Å²) < 4.78 is 0. The van der Waals surface area contributed by atoms with E-state index in [9.17, 15) is 14.4 Å². The van der Waals surface area contributed by atoms with Crippen molar-refractivity contribution >= 4 is 29.2 Å². The van der Waals surface area contributed by atoms with Crippen molar-refractivity contribution in [1.29, 1.82) is 0 Å². The van der Waals surface area contributed by atoms with Gasteiger partial charge < -0.3 is 21.5 Å². The van der Waals surface area contributed by atoms with Gasteiger partial charge in [0.25, 0.3) is 0 Å². The summed E-state index contributed by atoms with van der Waals surface area (Å²) in [6.07, 6.45) is 1.13. The van der Waals surface area contributed by atoms with Crippen molar-refractivity contribution in [3.05, 3.63) is 16.6 Å². The Bertz CT molecular complexity index is 501. The summed E-state index contributed by atoms with van der Waals surface area (Å²) in [5, 5.41) is 16.1. The molecule has 0 spiro atoms.